The van der Waals surface area contributed by atoms with Gasteiger partial charge in [-0.25, -0.2) is 35.7 Å². The number of aromatic nitrogens is 6. The number of nitrogens with zero attached hydrogens (tertiary/aromatic N) is 6. The minimum absolute atomic E-state index is 0.123. The molecule has 15 nitrogen and oxygen atoms in total. The summed E-state index contributed by atoms with van der Waals surface area (Å²) in [5.41, 5.74) is -1.64. The van der Waals surface area contributed by atoms with Crippen molar-refractivity contribution in [3.8, 4) is 22.5 Å². The summed E-state index contributed by atoms with van der Waals surface area (Å²) in [5, 5.41) is 86.3. The zero-order valence-electron chi connectivity index (χ0n) is 32.1. The van der Waals surface area contributed by atoms with Crippen LogP contribution < -0.4 is 0 Å². The molecule has 2 saturated heterocycles. The van der Waals surface area contributed by atoms with E-state index < -0.39 is 117 Å². The number of aliphatic hydroxyl groups excluding tert-OH is 6. The molecule has 2 aliphatic heterocycles. The van der Waals surface area contributed by atoms with Gasteiger partial charge >= 0.3 is 0 Å². The fourth-order valence-electron chi connectivity index (χ4n) is 7.99. The molecule has 10 atom stereocenters. The van der Waals surface area contributed by atoms with Crippen molar-refractivity contribution < 1.29 is 70.7 Å². The molecule has 0 radical (unpaired) electrons. The Labute approximate surface area is 369 Å². The third-order valence-corrected chi connectivity index (χ3v) is 13.9. The fourth-order valence-corrected chi connectivity index (χ4v) is 10.5. The molecule has 4 heterocycles. The Morgan fingerprint density at radius 1 is 0.594 bits per heavy atom. The maximum absolute atomic E-state index is 16.4. The van der Waals surface area contributed by atoms with E-state index in [9.17, 15) is 57.0 Å². The molecule has 64 heavy (non-hydrogen) atoms. The Morgan fingerprint density at radius 2 is 0.922 bits per heavy atom. The molecule has 2 aromatic heterocycles. The summed E-state index contributed by atoms with van der Waals surface area (Å²) in [5.74, 6) is -9.83. The van der Waals surface area contributed by atoms with Crippen LogP contribution in [0.4, 0.5) is 26.3 Å². The molecule has 24 heteroatoms. The first kappa shape index (κ1) is 45.7. The summed E-state index contributed by atoms with van der Waals surface area (Å²) < 4.78 is 116. The third-order valence-electron chi connectivity index (χ3n) is 11.1. The first-order chi connectivity index (χ1) is 30.5. The first-order valence-corrected chi connectivity index (χ1v) is 20.7. The number of rotatable bonds is 10. The fraction of sp³-hybridized carbons (Fsp3) is 0.300. The summed E-state index contributed by atoms with van der Waals surface area (Å²) in [4.78, 5) is -5.63. The van der Waals surface area contributed by atoms with Crippen molar-refractivity contribution in [3.63, 3.8) is 0 Å². The maximum atomic E-state index is 16.4. The molecule has 0 bridgehead atoms. The summed E-state index contributed by atoms with van der Waals surface area (Å²) in [6, 6.07) is 9.00. The predicted molar refractivity (Wildman–Crippen MR) is 211 cm³/mol. The second kappa shape index (κ2) is 17.5. The van der Waals surface area contributed by atoms with E-state index >= 15 is 4.21 Å². The lowest BCUT2D eigenvalue weighted by Gasteiger charge is -2.55. The van der Waals surface area contributed by atoms with Gasteiger partial charge in [-0.1, -0.05) is 57.9 Å². The van der Waals surface area contributed by atoms with Gasteiger partial charge < -0.3 is 40.1 Å². The van der Waals surface area contributed by atoms with Crippen molar-refractivity contribution in [1.29, 1.82) is 0 Å². The summed E-state index contributed by atoms with van der Waals surface area (Å²) in [7, 11) is -3.20. The van der Waals surface area contributed by atoms with Crippen LogP contribution in [0.2, 0.25) is 10.0 Å². The molecule has 6 N–H and O–H groups in total. The van der Waals surface area contributed by atoms with E-state index in [4.69, 9.17) is 32.7 Å². The van der Waals surface area contributed by atoms with Gasteiger partial charge in [0.15, 0.2) is 44.8 Å². The highest BCUT2D eigenvalue weighted by molar-refractivity contribution is 7.86. The van der Waals surface area contributed by atoms with Crippen molar-refractivity contribution in [2.24, 2.45) is 0 Å². The molecular formula is C40H32Cl2F6N6O9S. The van der Waals surface area contributed by atoms with Gasteiger partial charge in [0.25, 0.3) is 0 Å². The number of aliphatic hydroxyl groups is 6. The molecule has 0 saturated carbocycles. The van der Waals surface area contributed by atoms with E-state index in [-0.39, 0.29) is 43.7 Å². The van der Waals surface area contributed by atoms with Gasteiger partial charge in [-0.2, -0.15) is 0 Å². The Hall–Kier alpha value is -4.85. The minimum Gasteiger partial charge on any atom is -0.394 e. The highest BCUT2D eigenvalue weighted by atomic mass is 35.5. The number of hydrogen-bond acceptors (Lipinski definition) is 13. The van der Waals surface area contributed by atoms with E-state index in [1.54, 1.807) is 0 Å². The van der Waals surface area contributed by atoms with Crippen LogP contribution in [-0.2, 0) is 30.1 Å². The molecule has 338 valence electrons. The highest BCUT2D eigenvalue weighted by Crippen LogP contribution is 2.55. The third kappa shape index (κ3) is 7.49. The standard InChI is InChI=1S/C40H32Cl2F6N6O9S/c41-21-5-1-19(2-6-21)39(37(59)33(35(57)29(15-55)62-39)53-13-27(49-51-53)17-9-23(43)31(47)24(44)10-17)64(61)40(20-3-7-22(42)8-4-20)38(60)34(36(58)30(16-56)63-40)54-14-28(50-52-54)18-11-25(45)32(48)26(46)12-18/h1-14,29-30,33-38,55-60H,15-16H2/t29-,30-,33+,34+,35+,36+,37-,38-,39-,40-/m1/s1. The normalized spacial score (nSPS) is 28.5. The summed E-state index contributed by atoms with van der Waals surface area (Å²) in [6.45, 7) is -2.09. The Bertz CT molecular complexity index is 2500. The van der Waals surface area contributed by atoms with Gasteiger partial charge in [0.1, 0.15) is 70.9 Å². The smallest absolute Gasteiger partial charge is 0.199 e. The SMILES string of the molecule is O=S([C@@]1(c2ccc(Cl)cc2)O[C@H](CO)[C@H](O)[C@H](n2cc(-c3cc(F)c(F)c(F)c3)nn2)[C@H]1O)[C@@]1(c2ccc(Cl)cc2)O[C@H](CO)[C@H](O)[C@H](n2cc(-c3cc(F)c(F)c(F)c3)nn2)[C@H]1O. The van der Waals surface area contributed by atoms with Crippen LogP contribution in [0.3, 0.4) is 0 Å². The Morgan fingerprint density at radius 3 is 1.23 bits per heavy atom. The molecule has 2 aliphatic rings. The Balaban J connectivity index is 1.33. The average molecular weight is 958 g/mol. The van der Waals surface area contributed by atoms with Crippen molar-refractivity contribution in [3.05, 3.63) is 141 Å². The van der Waals surface area contributed by atoms with E-state index in [1.165, 1.54) is 48.5 Å². The van der Waals surface area contributed by atoms with Gasteiger partial charge in [-0.05, 0) is 59.7 Å². The average Bonchev–Trinajstić information content (AvgIpc) is 3.97. The van der Waals surface area contributed by atoms with Crippen molar-refractivity contribution in [1.82, 2.24) is 30.0 Å². The summed E-state index contributed by atoms with van der Waals surface area (Å²) >= 11 is 12.5. The first-order valence-electron chi connectivity index (χ1n) is 18.8. The van der Waals surface area contributed by atoms with Gasteiger partial charge in [0, 0.05) is 21.2 Å². The molecule has 0 unspecified atom stereocenters. The maximum Gasteiger partial charge on any atom is 0.199 e. The van der Waals surface area contributed by atoms with Crippen LogP contribution in [0.15, 0.2) is 85.2 Å². The lowest BCUT2D eigenvalue weighted by molar-refractivity contribution is -0.243. The molecule has 4 aromatic carbocycles. The van der Waals surface area contributed by atoms with Crippen LogP contribution in [0.25, 0.3) is 22.5 Å². The molecule has 8 rings (SSSR count). The van der Waals surface area contributed by atoms with Crippen molar-refractivity contribution in [2.75, 3.05) is 13.2 Å². The van der Waals surface area contributed by atoms with Crippen LogP contribution >= 0.6 is 23.2 Å². The predicted octanol–water partition coefficient (Wildman–Crippen LogP) is 3.81. The zero-order chi connectivity index (χ0) is 46.0. The van der Waals surface area contributed by atoms with Gasteiger partial charge in [0.05, 0.1) is 25.6 Å². The number of halogens is 8. The van der Waals surface area contributed by atoms with Crippen LogP contribution in [-0.4, -0.2) is 115 Å². The minimum atomic E-state index is -3.20. The molecule has 2 fully saturated rings. The van der Waals surface area contributed by atoms with E-state index in [2.05, 4.69) is 20.6 Å². The van der Waals surface area contributed by atoms with Crippen LogP contribution in [0, 0.1) is 34.9 Å². The zero-order valence-corrected chi connectivity index (χ0v) is 34.5. The second-order valence-electron chi connectivity index (χ2n) is 14.8. The van der Waals surface area contributed by atoms with Crippen LogP contribution in [0.1, 0.15) is 23.2 Å². The van der Waals surface area contributed by atoms with Gasteiger partial charge in [-0.15, -0.1) is 10.2 Å². The van der Waals surface area contributed by atoms with E-state index in [0.717, 1.165) is 21.8 Å². The Kier molecular flexibility index (Phi) is 12.5. The molecular weight excluding hydrogens is 925 g/mol. The van der Waals surface area contributed by atoms with Crippen molar-refractivity contribution in [2.45, 2.75) is 58.6 Å². The van der Waals surface area contributed by atoms with Crippen molar-refractivity contribution >= 4 is 34.0 Å². The molecule has 6 aromatic rings. The number of ether oxygens (including phenoxy) is 2. The summed E-state index contributed by atoms with van der Waals surface area (Å²) in [6.07, 6.45) is -10.1. The largest absolute Gasteiger partial charge is 0.394 e. The van der Waals surface area contributed by atoms with E-state index in [1.807, 2.05) is 0 Å². The molecule has 0 amide bonds. The lowest BCUT2D eigenvalue weighted by atomic mass is 9.87. The second-order valence-corrected chi connectivity index (χ2v) is 17.4. The highest BCUT2D eigenvalue weighted by Gasteiger charge is 2.69. The number of hydrogen-bond donors (Lipinski definition) is 6. The van der Waals surface area contributed by atoms with Crippen LogP contribution in [0.5, 0.6) is 0 Å². The monoisotopic (exact) mass is 956 g/mol. The van der Waals surface area contributed by atoms with Gasteiger partial charge in [-0.3, -0.25) is 4.21 Å². The molecule has 0 aliphatic carbocycles. The number of benzene rings is 4. The quantitative estimate of drug-likeness (QED) is 0.0852. The van der Waals surface area contributed by atoms with Gasteiger partial charge in [0.2, 0.25) is 0 Å². The van der Waals surface area contributed by atoms with E-state index in [0.29, 0.717) is 24.3 Å². The lowest BCUT2D eigenvalue weighted by Crippen LogP contribution is -2.70. The topological polar surface area (TPSA) is 218 Å². The molecule has 0 spiro atoms.